The number of aryl methyl sites for hydroxylation is 1. The number of nitrogens with zero attached hydrogens (tertiary/aromatic N) is 3. The minimum Gasteiger partial charge on any atom is -0.405 e. The predicted molar refractivity (Wildman–Crippen MR) is 106 cm³/mol. The largest absolute Gasteiger partial charge is 0.405 e. The van der Waals surface area contributed by atoms with E-state index in [1.807, 2.05) is 43.3 Å². The van der Waals surface area contributed by atoms with Crippen molar-refractivity contribution in [2.75, 3.05) is 0 Å². The summed E-state index contributed by atoms with van der Waals surface area (Å²) in [5.74, 6) is 0. The molecule has 0 saturated heterocycles. The van der Waals surface area contributed by atoms with Crippen LogP contribution in [-0.4, -0.2) is 15.5 Å². The van der Waals surface area contributed by atoms with Crippen molar-refractivity contribution in [2.24, 2.45) is 10.7 Å². The van der Waals surface area contributed by atoms with Crippen molar-refractivity contribution < 1.29 is 0 Å². The third-order valence-electron chi connectivity index (χ3n) is 3.66. The van der Waals surface area contributed by atoms with E-state index in [1.165, 1.54) is 18.3 Å². The molecule has 0 saturated carbocycles. The first-order valence-electron chi connectivity index (χ1n) is 7.97. The van der Waals surface area contributed by atoms with Gasteiger partial charge in [0, 0.05) is 12.3 Å². The van der Waals surface area contributed by atoms with Gasteiger partial charge in [0.1, 0.15) is 0 Å². The van der Waals surface area contributed by atoms with Crippen molar-refractivity contribution in [3.63, 3.8) is 0 Å². The number of para-hydroxylation sites is 1. The summed E-state index contributed by atoms with van der Waals surface area (Å²) in [6.45, 7) is 1.99. The summed E-state index contributed by atoms with van der Waals surface area (Å²) in [5.41, 5.74) is 8.30. The summed E-state index contributed by atoms with van der Waals surface area (Å²) in [4.78, 5) is 16.9. The van der Waals surface area contributed by atoms with E-state index in [2.05, 4.69) is 10.1 Å². The fraction of sp³-hybridized carbons (Fsp3) is 0.0500. The van der Waals surface area contributed by atoms with Crippen LogP contribution < -0.4 is 11.2 Å². The van der Waals surface area contributed by atoms with E-state index >= 15 is 0 Å². The van der Waals surface area contributed by atoms with Crippen molar-refractivity contribution in [3.8, 4) is 5.69 Å². The lowest BCUT2D eigenvalue weighted by atomic mass is 10.2. The van der Waals surface area contributed by atoms with Crippen LogP contribution in [0.3, 0.4) is 0 Å². The Morgan fingerprint density at radius 1 is 1.19 bits per heavy atom. The van der Waals surface area contributed by atoms with Gasteiger partial charge in [-0.05, 0) is 49.0 Å². The molecule has 0 bridgehead atoms. The van der Waals surface area contributed by atoms with Gasteiger partial charge in [0.15, 0.2) is 5.69 Å². The molecule has 0 aliphatic rings. The molecule has 0 aliphatic heterocycles. The Morgan fingerprint density at radius 2 is 2.00 bits per heavy atom. The molecule has 26 heavy (non-hydrogen) atoms. The van der Waals surface area contributed by atoms with Crippen LogP contribution in [0.25, 0.3) is 5.69 Å². The summed E-state index contributed by atoms with van der Waals surface area (Å²) in [6.07, 6.45) is 4.48. The lowest BCUT2D eigenvalue weighted by Crippen LogP contribution is -2.20. The molecule has 1 heterocycles. The van der Waals surface area contributed by atoms with E-state index < -0.39 is 0 Å². The van der Waals surface area contributed by atoms with Crippen LogP contribution in [0.15, 0.2) is 82.9 Å². The number of hydrogen-bond acceptors (Lipinski definition) is 4. The summed E-state index contributed by atoms with van der Waals surface area (Å²) in [5, 5.41) is 4.93. The Balaban J connectivity index is 2.15. The maximum absolute atomic E-state index is 12.4. The Labute approximate surface area is 156 Å². The summed E-state index contributed by atoms with van der Waals surface area (Å²) in [6, 6.07) is 16.4. The lowest BCUT2D eigenvalue weighted by molar-refractivity contribution is 0.828. The molecule has 6 heteroatoms. The number of aromatic nitrogens is 2. The maximum atomic E-state index is 12.4. The van der Waals surface area contributed by atoms with E-state index in [0.717, 1.165) is 11.3 Å². The average molecular weight is 365 g/mol. The summed E-state index contributed by atoms with van der Waals surface area (Å²) in [7, 11) is 0. The minimum absolute atomic E-state index is 0.190. The molecular formula is C20H17ClN4O. The van der Waals surface area contributed by atoms with Gasteiger partial charge in [0.2, 0.25) is 5.43 Å². The number of aliphatic imine (C=N–C) groups is 1. The van der Waals surface area contributed by atoms with Gasteiger partial charge in [0.05, 0.1) is 22.1 Å². The number of benzene rings is 2. The van der Waals surface area contributed by atoms with Gasteiger partial charge < -0.3 is 5.73 Å². The highest BCUT2D eigenvalue weighted by molar-refractivity contribution is 6.33. The van der Waals surface area contributed by atoms with Crippen molar-refractivity contribution in [1.82, 2.24) is 9.78 Å². The molecule has 0 aliphatic carbocycles. The monoisotopic (exact) mass is 364 g/mol. The molecule has 0 amide bonds. The average Bonchev–Trinajstić information content (AvgIpc) is 2.63. The third kappa shape index (κ3) is 3.90. The van der Waals surface area contributed by atoms with Gasteiger partial charge in [-0.2, -0.15) is 5.10 Å². The number of hydrogen-bond donors (Lipinski definition) is 1. The van der Waals surface area contributed by atoms with Gasteiger partial charge in [-0.15, -0.1) is 0 Å². The molecule has 0 spiro atoms. The SMILES string of the molecule is Cc1cccc(-n2ccc(=O)c(C(C=CN)=Nc3ccccc3Cl)n2)c1. The Kier molecular flexibility index (Phi) is 5.29. The first-order valence-corrected chi connectivity index (χ1v) is 8.35. The van der Waals surface area contributed by atoms with Crippen LogP contribution in [-0.2, 0) is 0 Å². The van der Waals surface area contributed by atoms with Gasteiger partial charge >= 0.3 is 0 Å². The van der Waals surface area contributed by atoms with E-state index in [0.29, 0.717) is 16.4 Å². The van der Waals surface area contributed by atoms with Gasteiger partial charge in [-0.1, -0.05) is 35.9 Å². The topological polar surface area (TPSA) is 73.3 Å². The molecule has 130 valence electrons. The molecule has 2 aromatic carbocycles. The van der Waals surface area contributed by atoms with Crippen molar-refractivity contribution in [3.05, 3.63) is 99.6 Å². The summed E-state index contributed by atoms with van der Waals surface area (Å²) < 4.78 is 1.64. The highest BCUT2D eigenvalue weighted by Crippen LogP contribution is 2.24. The zero-order valence-electron chi connectivity index (χ0n) is 14.1. The zero-order valence-corrected chi connectivity index (χ0v) is 14.9. The van der Waals surface area contributed by atoms with Crippen LogP contribution >= 0.6 is 11.6 Å². The second-order valence-corrected chi connectivity index (χ2v) is 6.03. The molecule has 0 fully saturated rings. The van der Waals surface area contributed by atoms with Gasteiger partial charge in [-0.25, -0.2) is 9.67 Å². The Bertz CT molecular complexity index is 1050. The quantitative estimate of drug-likeness (QED) is 0.716. The Hall–Kier alpha value is -3.18. The number of nitrogens with two attached hydrogens (primary N) is 1. The molecule has 3 rings (SSSR count). The Morgan fingerprint density at radius 3 is 2.73 bits per heavy atom. The summed E-state index contributed by atoms with van der Waals surface area (Å²) >= 11 is 6.17. The van der Waals surface area contributed by atoms with Gasteiger partial charge in [0.25, 0.3) is 0 Å². The molecule has 0 unspecified atom stereocenters. The minimum atomic E-state index is -0.252. The highest BCUT2D eigenvalue weighted by atomic mass is 35.5. The van der Waals surface area contributed by atoms with Crippen molar-refractivity contribution in [2.45, 2.75) is 6.92 Å². The normalized spacial score (nSPS) is 11.8. The second-order valence-electron chi connectivity index (χ2n) is 5.62. The van der Waals surface area contributed by atoms with E-state index in [9.17, 15) is 4.79 Å². The fourth-order valence-electron chi connectivity index (χ4n) is 2.43. The predicted octanol–water partition coefficient (Wildman–Crippen LogP) is 3.79. The maximum Gasteiger partial charge on any atom is 0.209 e. The molecular weight excluding hydrogens is 348 g/mol. The van der Waals surface area contributed by atoms with Crippen LogP contribution in [0.1, 0.15) is 11.3 Å². The molecule has 0 atom stereocenters. The second kappa shape index (κ2) is 7.80. The molecule has 2 N–H and O–H groups in total. The van der Waals surface area contributed by atoms with E-state index in [-0.39, 0.29) is 11.1 Å². The van der Waals surface area contributed by atoms with Crippen molar-refractivity contribution in [1.29, 1.82) is 0 Å². The fourth-order valence-corrected chi connectivity index (χ4v) is 2.61. The highest BCUT2D eigenvalue weighted by Gasteiger charge is 2.10. The molecule has 1 aromatic heterocycles. The first kappa shape index (κ1) is 17.6. The zero-order chi connectivity index (χ0) is 18.5. The van der Waals surface area contributed by atoms with E-state index in [4.69, 9.17) is 17.3 Å². The third-order valence-corrected chi connectivity index (χ3v) is 3.98. The van der Waals surface area contributed by atoms with Crippen molar-refractivity contribution >= 4 is 23.0 Å². The van der Waals surface area contributed by atoms with Gasteiger partial charge in [-0.3, -0.25) is 4.79 Å². The smallest absolute Gasteiger partial charge is 0.209 e. The van der Waals surface area contributed by atoms with Crippen LogP contribution in [0.5, 0.6) is 0 Å². The number of rotatable bonds is 4. The first-order chi connectivity index (χ1) is 12.6. The molecule has 3 aromatic rings. The lowest BCUT2D eigenvalue weighted by Gasteiger charge is -2.08. The molecule has 0 radical (unpaired) electrons. The van der Waals surface area contributed by atoms with Crippen LogP contribution in [0.4, 0.5) is 5.69 Å². The number of allylic oxidation sites excluding steroid dienone is 1. The van der Waals surface area contributed by atoms with Crippen LogP contribution in [0.2, 0.25) is 5.02 Å². The standard InChI is InChI=1S/C20H17ClN4O/c1-14-5-4-6-15(13-14)25-12-10-19(26)20(24-25)18(9-11-22)23-17-8-3-2-7-16(17)21/h2-13H,22H2,1H3. The number of halogens is 1. The van der Waals surface area contributed by atoms with Crippen LogP contribution in [0, 0.1) is 6.92 Å². The van der Waals surface area contributed by atoms with E-state index in [1.54, 1.807) is 23.0 Å². The molecule has 5 nitrogen and oxygen atoms in total.